The molecule has 1 rings (SSSR count). The number of carbonyl (C=O) groups is 2. The zero-order valence-electron chi connectivity index (χ0n) is 10.7. The number of carbonyl (C=O) groups excluding carboxylic acids is 2. The second-order valence-corrected chi connectivity index (χ2v) is 5.10. The van der Waals surface area contributed by atoms with Gasteiger partial charge in [0.1, 0.15) is 11.9 Å². The lowest BCUT2D eigenvalue weighted by Crippen LogP contribution is -2.30. The number of hydrogen-bond donors (Lipinski definition) is 0. The molecule has 1 aliphatic heterocycles. The van der Waals surface area contributed by atoms with Crippen LogP contribution < -0.4 is 0 Å². The van der Waals surface area contributed by atoms with Crippen molar-refractivity contribution in [1.82, 2.24) is 4.90 Å². The predicted octanol–water partition coefficient (Wildman–Crippen LogP) is 1.48. The van der Waals surface area contributed by atoms with Crippen molar-refractivity contribution in [2.24, 2.45) is 5.92 Å². The number of piperidine rings is 1. The lowest BCUT2D eigenvalue weighted by atomic mass is 9.99. The zero-order valence-corrected chi connectivity index (χ0v) is 10.7. The van der Waals surface area contributed by atoms with E-state index in [0.717, 1.165) is 32.2 Å². The van der Waals surface area contributed by atoms with Crippen LogP contribution in [0, 0.1) is 5.92 Å². The maximum Gasteiger partial charge on any atom is 0.293 e. The SMILES string of the molecule is CC(C)(C)OC=O.CN1CCC(C=O)CC1. The summed E-state index contributed by atoms with van der Waals surface area (Å²) in [6.45, 7) is 8.09. The van der Waals surface area contributed by atoms with Crippen molar-refractivity contribution < 1.29 is 14.3 Å². The molecule has 0 spiro atoms. The first kappa shape index (κ1) is 15.1. The molecule has 0 saturated carbocycles. The molecule has 0 aromatic carbocycles. The quantitative estimate of drug-likeness (QED) is 0.673. The zero-order chi connectivity index (χ0) is 12.6. The van der Waals surface area contributed by atoms with Crippen molar-refractivity contribution in [3.63, 3.8) is 0 Å². The fraction of sp³-hybridized carbons (Fsp3) is 0.833. The number of nitrogens with zero attached hydrogens (tertiary/aromatic N) is 1. The fourth-order valence-corrected chi connectivity index (χ4v) is 1.31. The van der Waals surface area contributed by atoms with Gasteiger partial charge in [-0.2, -0.15) is 0 Å². The summed E-state index contributed by atoms with van der Waals surface area (Å²) >= 11 is 0. The average molecular weight is 229 g/mol. The summed E-state index contributed by atoms with van der Waals surface area (Å²) in [6, 6.07) is 0. The Morgan fingerprint density at radius 3 is 1.94 bits per heavy atom. The summed E-state index contributed by atoms with van der Waals surface area (Å²) in [6.07, 6.45) is 3.20. The van der Waals surface area contributed by atoms with Crippen molar-refractivity contribution in [2.75, 3.05) is 20.1 Å². The van der Waals surface area contributed by atoms with Gasteiger partial charge in [-0.1, -0.05) is 0 Å². The molecular weight excluding hydrogens is 206 g/mol. The van der Waals surface area contributed by atoms with Gasteiger partial charge >= 0.3 is 0 Å². The van der Waals surface area contributed by atoms with Crippen LogP contribution in [-0.2, 0) is 14.3 Å². The van der Waals surface area contributed by atoms with Crippen LogP contribution in [0.1, 0.15) is 33.6 Å². The van der Waals surface area contributed by atoms with E-state index in [-0.39, 0.29) is 5.60 Å². The van der Waals surface area contributed by atoms with Crippen LogP contribution in [0.15, 0.2) is 0 Å². The van der Waals surface area contributed by atoms with E-state index in [1.165, 1.54) is 0 Å². The third-order valence-electron chi connectivity index (χ3n) is 2.36. The smallest absolute Gasteiger partial charge is 0.293 e. The highest BCUT2D eigenvalue weighted by atomic mass is 16.5. The van der Waals surface area contributed by atoms with Crippen LogP contribution in [0.5, 0.6) is 0 Å². The van der Waals surface area contributed by atoms with Crippen molar-refractivity contribution >= 4 is 12.8 Å². The van der Waals surface area contributed by atoms with E-state index in [2.05, 4.69) is 16.7 Å². The Balaban J connectivity index is 0.000000293. The van der Waals surface area contributed by atoms with Crippen molar-refractivity contribution in [3.05, 3.63) is 0 Å². The summed E-state index contributed by atoms with van der Waals surface area (Å²) < 4.78 is 4.55. The van der Waals surface area contributed by atoms with Gasteiger partial charge in [0.2, 0.25) is 0 Å². The highest BCUT2D eigenvalue weighted by Crippen LogP contribution is 2.12. The molecule has 1 saturated heterocycles. The third-order valence-corrected chi connectivity index (χ3v) is 2.36. The molecule has 0 atom stereocenters. The Labute approximate surface area is 98.0 Å². The van der Waals surface area contributed by atoms with Crippen LogP contribution in [0.2, 0.25) is 0 Å². The highest BCUT2D eigenvalue weighted by Gasteiger charge is 2.14. The summed E-state index contributed by atoms with van der Waals surface area (Å²) in [7, 11) is 2.10. The van der Waals surface area contributed by atoms with Crippen LogP contribution in [0.4, 0.5) is 0 Å². The number of rotatable bonds is 2. The van der Waals surface area contributed by atoms with Gasteiger partial charge < -0.3 is 14.4 Å². The molecule has 16 heavy (non-hydrogen) atoms. The van der Waals surface area contributed by atoms with Gasteiger partial charge in [-0.15, -0.1) is 0 Å². The first-order chi connectivity index (χ1) is 7.39. The summed E-state index contributed by atoms with van der Waals surface area (Å²) in [4.78, 5) is 22.1. The highest BCUT2D eigenvalue weighted by molar-refractivity contribution is 5.53. The molecular formula is C12H23NO3. The molecule has 0 unspecified atom stereocenters. The lowest BCUT2D eigenvalue weighted by Gasteiger charge is -2.25. The van der Waals surface area contributed by atoms with Gasteiger partial charge in [0.15, 0.2) is 0 Å². The Bertz CT molecular complexity index is 203. The number of ether oxygens (including phenoxy) is 1. The van der Waals surface area contributed by atoms with Gasteiger partial charge in [-0.05, 0) is 53.8 Å². The van der Waals surface area contributed by atoms with E-state index >= 15 is 0 Å². The molecule has 0 aromatic rings. The van der Waals surface area contributed by atoms with E-state index in [1.54, 1.807) is 0 Å². The maximum absolute atomic E-state index is 10.2. The van der Waals surface area contributed by atoms with Crippen molar-refractivity contribution in [1.29, 1.82) is 0 Å². The van der Waals surface area contributed by atoms with E-state index in [4.69, 9.17) is 0 Å². The molecule has 0 aliphatic carbocycles. The maximum atomic E-state index is 10.2. The lowest BCUT2D eigenvalue weighted by molar-refractivity contribution is -0.138. The van der Waals surface area contributed by atoms with Gasteiger partial charge in [0, 0.05) is 5.92 Å². The molecule has 4 nitrogen and oxygen atoms in total. The topological polar surface area (TPSA) is 46.6 Å². The summed E-state index contributed by atoms with van der Waals surface area (Å²) in [5.41, 5.74) is -0.318. The minimum Gasteiger partial charge on any atom is -0.462 e. The molecule has 1 fully saturated rings. The number of hydrogen-bond acceptors (Lipinski definition) is 4. The Morgan fingerprint density at radius 1 is 1.19 bits per heavy atom. The summed E-state index contributed by atoms with van der Waals surface area (Å²) in [5.74, 6) is 0.348. The molecule has 0 amide bonds. The van der Waals surface area contributed by atoms with E-state index in [1.807, 2.05) is 20.8 Å². The number of aldehydes is 1. The minimum absolute atomic E-state index is 0.318. The molecule has 0 N–H and O–H groups in total. The van der Waals surface area contributed by atoms with Gasteiger partial charge in [-0.3, -0.25) is 4.79 Å². The molecule has 4 heteroatoms. The largest absolute Gasteiger partial charge is 0.462 e. The standard InChI is InChI=1S/C7H13NO.C5H10O2/c1-8-4-2-7(6-9)3-5-8;1-5(2,3)7-4-6/h6-7H,2-5H2,1H3;4H,1-3H3. The Hall–Kier alpha value is -0.900. The second-order valence-electron chi connectivity index (χ2n) is 5.10. The molecule has 1 aliphatic rings. The Morgan fingerprint density at radius 2 is 1.69 bits per heavy atom. The second kappa shape index (κ2) is 7.39. The van der Waals surface area contributed by atoms with Crippen LogP contribution in [0.25, 0.3) is 0 Å². The van der Waals surface area contributed by atoms with Crippen molar-refractivity contribution in [2.45, 2.75) is 39.2 Å². The van der Waals surface area contributed by atoms with Gasteiger partial charge in [-0.25, -0.2) is 0 Å². The van der Waals surface area contributed by atoms with Crippen LogP contribution in [-0.4, -0.2) is 43.4 Å². The van der Waals surface area contributed by atoms with E-state index in [0.29, 0.717) is 12.4 Å². The molecule has 0 aromatic heterocycles. The van der Waals surface area contributed by atoms with Crippen LogP contribution >= 0.6 is 0 Å². The van der Waals surface area contributed by atoms with E-state index in [9.17, 15) is 9.59 Å². The Kier molecular flexibility index (Phi) is 6.97. The van der Waals surface area contributed by atoms with E-state index < -0.39 is 0 Å². The molecule has 94 valence electrons. The third kappa shape index (κ3) is 8.41. The molecule has 0 radical (unpaired) electrons. The summed E-state index contributed by atoms with van der Waals surface area (Å²) in [5, 5.41) is 0. The molecule has 0 bridgehead atoms. The molecule has 1 heterocycles. The monoisotopic (exact) mass is 229 g/mol. The van der Waals surface area contributed by atoms with Gasteiger partial charge in [0.05, 0.1) is 0 Å². The predicted molar refractivity (Wildman–Crippen MR) is 63.2 cm³/mol. The van der Waals surface area contributed by atoms with Gasteiger partial charge in [0.25, 0.3) is 6.47 Å². The minimum atomic E-state index is -0.318. The normalized spacial score (nSPS) is 18.2. The first-order valence-corrected chi connectivity index (χ1v) is 5.64. The first-order valence-electron chi connectivity index (χ1n) is 5.64. The van der Waals surface area contributed by atoms with Crippen molar-refractivity contribution in [3.8, 4) is 0 Å². The fourth-order valence-electron chi connectivity index (χ4n) is 1.31. The average Bonchev–Trinajstić information content (AvgIpc) is 2.18. The van der Waals surface area contributed by atoms with Crippen LogP contribution in [0.3, 0.4) is 0 Å². The number of likely N-dealkylation sites (tertiary alicyclic amines) is 1.